The third-order valence-corrected chi connectivity index (χ3v) is 6.37. The van der Waals surface area contributed by atoms with Gasteiger partial charge in [-0.05, 0) is 64.5 Å². The van der Waals surface area contributed by atoms with Crippen LogP contribution in [0.4, 0.5) is 0 Å². The third kappa shape index (κ3) is 9.51. The Bertz CT molecular complexity index is 776. The number of hydrogen-bond acceptors (Lipinski definition) is 6. The molecule has 1 unspecified atom stereocenters. The van der Waals surface area contributed by atoms with Gasteiger partial charge in [-0.1, -0.05) is 29.3 Å². The Morgan fingerprint density at radius 1 is 1.13 bits per heavy atom. The largest absolute Gasteiger partial charge is 0.353 e. The van der Waals surface area contributed by atoms with Crippen molar-refractivity contribution in [1.29, 1.82) is 0 Å². The van der Waals surface area contributed by atoms with Gasteiger partial charge in [0.1, 0.15) is 5.78 Å². The monoisotopic (exact) mass is 438 g/mol. The summed E-state index contributed by atoms with van der Waals surface area (Å²) in [6.45, 7) is 5.26. The van der Waals surface area contributed by atoms with Crippen LogP contribution in [0, 0.1) is 6.92 Å². The summed E-state index contributed by atoms with van der Waals surface area (Å²) < 4.78 is 40.4. The van der Waals surface area contributed by atoms with Crippen LogP contribution >= 0.6 is 0 Å². The van der Waals surface area contributed by atoms with Crippen molar-refractivity contribution in [3.8, 4) is 0 Å². The van der Waals surface area contributed by atoms with E-state index in [2.05, 4.69) is 0 Å². The van der Waals surface area contributed by atoms with Gasteiger partial charge in [0.15, 0.2) is 6.29 Å². The van der Waals surface area contributed by atoms with Crippen LogP contribution in [-0.4, -0.2) is 40.3 Å². The number of rotatable bonds is 13. The lowest BCUT2D eigenvalue weighted by Gasteiger charge is -2.22. The maximum absolute atomic E-state index is 12.1. The Morgan fingerprint density at radius 3 is 2.60 bits per heavy atom. The van der Waals surface area contributed by atoms with Crippen molar-refractivity contribution < 1.29 is 26.9 Å². The van der Waals surface area contributed by atoms with E-state index >= 15 is 0 Å². The quantitative estimate of drug-likeness (QED) is 0.252. The molecular weight excluding hydrogens is 404 g/mol. The molecule has 1 aliphatic rings. The van der Waals surface area contributed by atoms with Crippen molar-refractivity contribution in [3.05, 3.63) is 41.5 Å². The second kappa shape index (κ2) is 13.0. The van der Waals surface area contributed by atoms with Crippen molar-refractivity contribution in [1.82, 2.24) is 0 Å². The van der Waals surface area contributed by atoms with E-state index < -0.39 is 10.1 Å². The average molecular weight is 439 g/mol. The zero-order chi connectivity index (χ0) is 21.8. The van der Waals surface area contributed by atoms with Crippen LogP contribution in [0.2, 0.25) is 0 Å². The fourth-order valence-electron chi connectivity index (χ4n) is 3.07. The molecule has 1 aliphatic heterocycles. The Labute approximate surface area is 180 Å². The summed E-state index contributed by atoms with van der Waals surface area (Å²) in [5, 5.41) is 0. The van der Waals surface area contributed by atoms with Gasteiger partial charge in [0.25, 0.3) is 10.1 Å². The molecule has 0 aliphatic carbocycles. The van der Waals surface area contributed by atoms with Crippen LogP contribution in [-0.2, 0) is 28.6 Å². The first-order valence-corrected chi connectivity index (χ1v) is 12.1. The van der Waals surface area contributed by atoms with Gasteiger partial charge in [0, 0.05) is 19.4 Å². The number of aryl methyl sites for hydroxylation is 1. The van der Waals surface area contributed by atoms with Crippen LogP contribution in [0.15, 0.2) is 40.8 Å². The molecule has 7 heteroatoms. The Morgan fingerprint density at radius 2 is 1.90 bits per heavy atom. The molecule has 1 aromatic rings. The first-order valence-electron chi connectivity index (χ1n) is 10.7. The predicted octanol–water partition coefficient (Wildman–Crippen LogP) is 4.71. The van der Waals surface area contributed by atoms with Gasteiger partial charge >= 0.3 is 0 Å². The standard InChI is InChI=1S/C23H34O6S/c1-19-10-13-22(14-11-19)30(25,26)29-17-6-3-7-21(24)12-9-20(2)15-18-28-23-8-4-5-16-27-23/h10-11,13-15,23H,3-9,12,16-18H2,1-2H3/b20-15+. The Balaban J connectivity index is 1.55. The summed E-state index contributed by atoms with van der Waals surface area (Å²) in [6, 6.07) is 6.55. The molecule has 1 heterocycles. The van der Waals surface area contributed by atoms with Crippen LogP contribution in [0.5, 0.6) is 0 Å². The van der Waals surface area contributed by atoms with Gasteiger partial charge in [-0.15, -0.1) is 0 Å². The SMILES string of the molecule is C/C(=C\COC1CCCCO1)CCC(=O)CCCCOS(=O)(=O)c1ccc(C)cc1. The molecule has 1 fully saturated rings. The van der Waals surface area contributed by atoms with E-state index in [9.17, 15) is 13.2 Å². The molecule has 1 saturated heterocycles. The van der Waals surface area contributed by atoms with Crippen molar-refractivity contribution >= 4 is 15.9 Å². The van der Waals surface area contributed by atoms with E-state index in [0.29, 0.717) is 38.7 Å². The number of ether oxygens (including phenoxy) is 2. The van der Waals surface area contributed by atoms with E-state index in [4.69, 9.17) is 13.7 Å². The van der Waals surface area contributed by atoms with Gasteiger partial charge in [0.05, 0.1) is 18.1 Å². The van der Waals surface area contributed by atoms with Crippen molar-refractivity contribution in [2.75, 3.05) is 19.8 Å². The summed E-state index contributed by atoms with van der Waals surface area (Å²) in [7, 11) is -3.73. The number of Topliss-reactive ketones (excluding diaryl/α,β-unsaturated/α-hetero) is 1. The number of carbonyl (C=O) groups is 1. The smallest absolute Gasteiger partial charge is 0.296 e. The average Bonchev–Trinajstić information content (AvgIpc) is 2.73. The lowest BCUT2D eigenvalue weighted by molar-refractivity contribution is -0.155. The molecule has 0 N–H and O–H groups in total. The fourth-order valence-corrected chi connectivity index (χ4v) is 4.01. The molecule has 0 bridgehead atoms. The first-order chi connectivity index (χ1) is 14.4. The molecule has 0 spiro atoms. The second-order valence-corrected chi connectivity index (χ2v) is 9.38. The number of carbonyl (C=O) groups excluding carboxylic acids is 1. The second-order valence-electron chi connectivity index (χ2n) is 7.76. The summed E-state index contributed by atoms with van der Waals surface area (Å²) in [4.78, 5) is 12.2. The Hall–Kier alpha value is -1.54. The van der Waals surface area contributed by atoms with Crippen molar-refractivity contribution in [3.63, 3.8) is 0 Å². The van der Waals surface area contributed by atoms with E-state index in [0.717, 1.165) is 37.0 Å². The molecule has 30 heavy (non-hydrogen) atoms. The first kappa shape index (κ1) is 24.7. The molecular formula is C23H34O6S. The van der Waals surface area contributed by atoms with E-state index in [-0.39, 0.29) is 23.6 Å². The fraction of sp³-hybridized carbons (Fsp3) is 0.609. The molecule has 1 atom stereocenters. The Kier molecular flexibility index (Phi) is 10.7. The minimum absolute atomic E-state index is 0.0863. The summed E-state index contributed by atoms with van der Waals surface area (Å²) >= 11 is 0. The maximum atomic E-state index is 12.1. The maximum Gasteiger partial charge on any atom is 0.296 e. The molecule has 0 amide bonds. The molecule has 2 rings (SSSR count). The zero-order valence-electron chi connectivity index (χ0n) is 18.1. The molecule has 6 nitrogen and oxygen atoms in total. The minimum Gasteiger partial charge on any atom is -0.353 e. The van der Waals surface area contributed by atoms with Gasteiger partial charge in [-0.2, -0.15) is 8.42 Å². The lowest BCUT2D eigenvalue weighted by Crippen LogP contribution is -2.22. The van der Waals surface area contributed by atoms with Crippen LogP contribution in [0.1, 0.15) is 63.9 Å². The molecule has 1 aromatic carbocycles. The predicted molar refractivity (Wildman–Crippen MR) is 116 cm³/mol. The van der Waals surface area contributed by atoms with E-state index in [1.54, 1.807) is 12.1 Å². The number of hydrogen-bond donors (Lipinski definition) is 0. The zero-order valence-corrected chi connectivity index (χ0v) is 18.9. The summed E-state index contributed by atoms with van der Waals surface area (Å²) in [5.74, 6) is 0.181. The minimum atomic E-state index is -3.73. The van der Waals surface area contributed by atoms with Crippen LogP contribution in [0.3, 0.4) is 0 Å². The van der Waals surface area contributed by atoms with Gasteiger partial charge in [-0.25, -0.2) is 0 Å². The molecule has 168 valence electrons. The number of ketones is 1. The van der Waals surface area contributed by atoms with Crippen molar-refractivity contribution in [2.24, 2.45) is 0 Å². The van der Waals surface area contributed by atoms with E-state index in [1.807, 2.05) is 19.9 Å². The van der Waals surface area contributed by atoms with Gasteiger partial charge < -0.3 is 9.47 Å². The highest BCUT2D eigenvalue weighted by Gasteiger charge is 2.15. The highest BCUT2D eigenvalue weighted by molar-refractivity contribution is 7.86. The number of allylic oxidation sites excluding steroid dienone is 1. The normalized spacial score (nSPS) is 17.8. The van der Waals surface area contributed by atoms with Crippen molar-refractivity contribution in [2.45, 2.75) is 76.4 Å². The molecule has 0 radical (unpaired) electrons. The van der Waals surface area contributed by atoms with Crippen LogP contribution < -0.4 is 0 Å². The lowest BCUT2D eigenvalue weighted by atomic mass is 10.1. The number of unbranched alkanes of at least 4 members (excludes halogenated alkanes) is 1. The van der Waals surface area contributed by atoms with Crippen LogP contribution in [0.25, 0.3) is 0 Å². The topological polar surface area (TPSA) is 78.9 Å². The van der Waals surface area contributed by atoms with Gasteiger partial charge in [-0.3, -0.25) is 8.98 Å². The molecule has 0 saturated carbocycles. The van der Waals surface area contributed by atoms with E-state index in [1.165, 1.54) is 12.1 Å². The number of benzene rings is 1. The summed E-state index contributed by atoms with van der Waals surface area (Å²) in [5.41, 5.74) is 2.12. The molecule has 0 aromatic heterocycles. The summed E-state index contributed by atoms with van der Waals surface area (Å²) in [6.07, 6.45) is 7.90. The highest BCUT2D eigenvalue weighted by atomic mass is 32.2. The highest BCUT2D eigenvalue weighted by Crippen LogP contribution is 2.15. The van der Waals surface area contributed by atoms with Gasteiger partial charge in [0.2, 0.25) is 0 Å². The third-order valence-electron chi connectivity index (χ3n) is 5.05.